The zero-order valence-corrected chi connectivity index (χ0v) is 19.6. The average Bonchev–Trinajstić information content (AvgIpc) is 2.76. The third-order valence-corrected chi connectivity index (χ3v) is 5.83. The lowest BCUT2D eigenvalue weighted by Crippen LogP contribution is -2.38. The van der Waals surface area contributed by atoms with E-state index < -0.39 is 0 Å². The molecule has 7 heteroatoms. The molecule has 32 heavy (non-hydrogen) atoms. The number of piperidine rings is 1. The molecular weight excluding hydrogens is 424 g/mol. The third kappa shape index (κ3) is 5.35. The maximum atomic E-state index is 12.9. The van der Waals surface area contributed by atoms with Gasteiger partial charge in [0.05, 0.1) is 22.5 Å². The molecule has 1 fully saturated rings. The summed E-state index contributed by atoms with van der Waals surface area (Å²) in [6.45, 7) is 8.84. The number of hydrogen-bond acceptors (Lipinski definition) is 4. The van der Waals surface area contributed by atoms with Crippen LogP contribution in [-0.2, 0) is 4.79 Å². The minimum atomic E-state index is -0.337. The molecule has 0 atom stereocenters. The molecule has 0 spiro atoms. The number of anilines is 1. The highest BCUT2D eigenvalue weighted by Crippen LogP contribution is 2.30. The molecule has 1 N–H and O–H groups in total. The van der Waals surface area contributed by atoms with Crippen LogP contribution in [0.1, 0.15) is 59.4 Å². The molecule has 2 heterocycles. The highest BCUT2D eigenvalue weighted by Gasteiger charge is 2.21. The zero-order valence-electron chi connectivity index (χ0n) is 18.8. The molecule has 0 radical (unpaired) electrons. The van der Waals surface area contributed by atoms with Gasteiger partial charge in [0.1, 0.15) is 6.07 Å². The fourth-order valence-corrected chi connectivity index (χ4v) is 4.03. The molecule has 166 valence electrons. The largest absolute Gasteiger partial charge is 0.342 e. The summed E-state index contributed by atoms with van der Waals surface area (Å²) < 4.78 is 0. The Morgan fingerprint density at radius 3 is 2.53 bits per heavy atom. The topological polar surface area (TPSA) is 86.1 Å². The number of carbonyl (C=O) groups is 2. The smallest absolute Gasteiger partial charge is 0.257 e. The number of halogens is 1. The van der Waals surface area contributed by atoms with Gasteiger partial charge in [0, 0.05) is 30.2 Å². The van der Waals surface area contributed by atoms with Crippen molar-refractivity contribution < 1.29 is 9.59 Å². The quantitative estimate of drug-likeness (QED) is 0.698. The molecule has 0 bridgehead atoms. The van der Waals surface area contributed by atoms with Gasteiger partial charge in [0.15, 0.2) is 0 Å². The first-order valence-electron chi connectivity index (χ1n) is 10.7. The van der Waals surface area contributed by atoms with E-state index >= 15 is 0 Å². The van der Waals surface area contributed by atoms with Gasteiger partial charge in [-0.1, -0.05) is 37.1 Å². The Morgan fingerprint density at radius 1 is 1.22 bits per heavy atom. The molecule has 6 nitrogen and oxygen atoms in total. The molecule has 0 aliphatic carbocycles. The van der Waals surface area contributed by atoms with Gasteiger partial charge >= 0.3 is 0 Å². The van der Waals surface area contributed by atoms with Gasteiger partial charge in [0.2, 0.25) is 5.91 Å². The monoisotopic (exact) mass is 450 g/mol. The predicted molar refractivity (Wildman–Crippen MR) is 126 cm³/mol. The number of hydrogen-bond donors (Lipinski definition) is 1. The van der Waals surface area contributed by atoms with Crippen molar-refractivity contribution in [2.24, 2.45) is 5.92 Å². The molecule has 0 unspecified atom stereocenters. The Labute approximate surface area is 193 Å². The average molecular weight is 451 g/mol. The molecular formula is C25H27ClN4O2. The van der Waals surface area contributed by atoms with Crippen LogP contribution in [0.4, 0.5) is 5.69 Å². The van der Waals surface area contributed by atoms with Crippen molar-refractivity contribution in [3.05, 3.63) is 62.9 Å². The van der Waals surface area contributed by atoms with E-state index in [1.165, 1.54) is 11.8 Å². The summed E-state index contributed by atoms with van der Waals surface area (Å²) in [5.74, 6) is -0.161. The minimum Gasteiger partial charge on any atom is -0.342 e. The summed E-state index contributed by atoms with van der Waals surface area (Å²) in [4.78, 5) is 31.2. The van der Waals surface area contributed by atoms with E-state index in [4.69, 9.17) is 11.6 Å². The number of nitriles is 1. The van der Waals surface area contributed by atoms with Crippen LogP contribution >= 0.6 is 11.6 Å². The molecule has 1 aliphatic heterocycles. The molecule has 1 aromatic carbocycles. The van der Waals surface area contributed by atoms with Gasteiger partial charge in [-0.25, -0.2) is 0 Å². The van der Waals surface area contributed by atoms with Crippen molar-refractivity contribution in [1.82, 2.24) is 9.88 Å². The van der Waals surface area contributed by atoms with Crippen LogP contribution in [0.25, 0.3) is 6.08 Å². The van der Waals surface area contributed by atoms with Crippen molar-refractivity contribution in [3.63, 3.8) is 0 Å². The van der Waals surface area contributed by atoms with E-state index in [0.29, 0.717) is 40.6 Å². The summed E-state index contributed by atoms with van der Waals surface area (Å²) >= 11 is 6.31. The standard InChI is InChI=1S/C25H27ClN4O2/c1-15(2)25(32)30-7-5-18(6-8-30)10-19-12-22(26)9-16(3)23(19)29-24(31)21-11-20(13-27)17(4)28-14-21/h9-12,14-15H,5-8H2,1-4H3,(H,29,31). The molecule has 1 aromatic heterocycles. The number of pyridine rings is 1. The lowest BCUT2D eigenvalue weighted by Gasteiger charge is -2.30. The number of nitrogens with zero attached hydrogens (tertiary/aromatic N) is 3. The highest BCUT2D eigenvalue weighted by atomic mass is 35.5. The van der Waals surface area contributed by atoms with E-state index in [9.17, 15) is 14.9 Å². The highest BCUT2D eigenvalue weighted by molar-refractivity contribution is 6.31. The number of rotatable bonds is 4. The maximum Gasteiger partial charge on any atom is 0.257 e. The summed E-state index contributed by atoms with van der Waals surface area (Å²) in [6.07, 6.45) is 5.09. The number of nitrogens with one attached hydrogen (secondary N) is 1. The normalized spacial score (nSPS) is 13.7. The minimum absolute atomic E-state index is 0.00395. The van der Waals surface area contributed by atoms with Crippen molar-refractivity contribution in [2.45, 2.75) is 40.5 Å². The second-order valence-corrected chi connectivity index (χ2v) is 8.83. The molecule has 1 saturated heterocycles. The van der Waals surface area contributed by atoms with Crippen LogP contribution < -0.4 is 5.32 Å². The van der Waals surface area contributed by atoms with Gasteiger partial charge in [-0.05, 0) is 56.0 Å². The van der Waals surface area contributed by atoms with Crippen molar-refractivity contribution in [2.75, 3.05) is 18.4 Å². The summed E-state index contributed by atoms with van der Waals surface area (Å²) in [7, 11) is 0. The first-order chi connectivity index (χ1) is 15.2. The van der Waals surface area contributed by atoms with Gasteiger partial charge in [0.25, 0.3) is 5.91 Å². The molecule has 0 saturated carbocycles. The van der Waals surface area contributed by atoms with Crippen LogP contribution in [0.5, 0.6) is 0 Å². The molecule has 2 amide bonds. The summed E-state index contributed by atoms with van der Waals surface area (Å²) in [6, 6.07) is 7.24. The predicted octanol–water partition coefficient (Wildman–Crippen LogP) is 5.14. The second-order valence-electron chi connectivity index (χ2n) is 8.39. The third-order valence-electron chi connectivity index (χ3n) is 5.61. The Morgan fingerprint density at radius 2 is 1.91 bits per heavy atom. The fourth-order valence-electron chi connectivity index (χ4n) is 3.75. The fraction of sp³-hybridized carbons (Fsp3) is 0.360. The molecule has 2 aromatic rings. The second kappa shape index (κ2) is 9.97. The SMILES string of the molecule is Cc1cc(Cl)cc(C=C2CCN(C(=O)C(C)C)CC2)c1NC(=O)c1cnc(C)c(C#N)c1. The Kier molecular flexibility index (Phi) is 7.32. The Bertz CT molecular complexity index is 1120. The van der Waals surface area contributed by atoms with Crippen LogP contribution in [0.3, 0.4) is 0 Å². The van der Waals surface area contributed by atoms with E-state index in [1.54, 1.807) is 19.1 Å². The number of aryl methyl sites for hydroxylation is 2. The van der Waals surface area contributed by atoms with Gasteiger partial charge < -0.3 is 10.2 Å². The number of likely N-dealkylation sites (tertiary alicyclic amines) is 1. The lowest BCUT2D eigenvalue weighted by molar-refractivity contribution is -0.134. The lowest BCUT2D eigenvalue weighted by atomic mass is 9.98. The van der Waals surface area contributed by atoms with Gasteiger partial charge in [-0.3, -0.25) is 14.6 Å². The number of benzene rings is 1. The first-order valence-corrected chi connectivity index (χ1v) is 11.0. The zero-order chi connectivity index (χ0) is 23.4. The van der Waals surface area contributed by atoms with Crippen molar-refractivity contribution >= 4 is 35.2 Å². The van der Waals surface area contributed by atoms with Crippen LogP contribution in [0, 0.1) is 31.1 Å². The first kappa shape index (κ1) is 23.5. The maximum absolute atomic E-state index is 12.9. The Balaban J connectivity index is 1.85. The Hall–Kier alpha value is -3.17. The number of carbonyl (C=O) groups excluding carboxylic acids is 2. The van der Waals surface area contributed by atoms with Crippen molar-refractivity contribution in [1.29, 1.82) is 5.26 Å². The van der Waals surface area contributed by atoms with Crippen LogP contribution in [-0.4, -0.2) is 34.8 Å². The summed E-state index contributed by atoms with van der Waals surface area (Å²) in [5, 5.41) is 12.8. The van der Waals surface area contributed by atoms with Crippen LogP contribution in [0.2, 0.25) is 5.02 Å². The van der Waals surface area contributed by atoms with E-state index in [0.717, 1.165) is 24.0 Å². The van der Waals surface area contributed by atoms with E-state index in [2.05, 4.69) is 22.4 Å². The van der Waals surface area contributed by atoms with Crippen molar-refractivity contribution in [3.8, 4) is 6.07 Å². The van der Waals surface area contributed by atoms with Crippen LogP contribution in [0.15, 0.2) is 30.0 Å². The van der Waals surface area contributed by atoms with E-state index in [-0.39, 0.29) is 17.7 Å². The van der Waals surface area contributed by atoms with Gasteiger partial charge in [-0.2, -0.15) is 5.26 Å². The molecule has 1 aliphatic rings. The van der Waals surface area contributed by atoms with E-state index in [1.807, 2.05) is 31.7 Å². The molecule has 3 rings (SSSR count). The number of amides is 2. The summed E-state index contributed by atoms with van der Waals surface area (Å²) in [5.41, 5.74) is 4.81. The number of aromatic nitrogens is 1. The van der Waals surface area contributed by atoms with Gasteiger partial charge in [-0.15, -0.1) is 0 Å².